The van der Waals surface area contributed by atoms with Crippen molar-refractivity contribution in [3.05, 3.63) is 29.3 Å². The number of rotatable bonds is 3. The van der Waals surface area contributed by atoms with E-state index in [1.165, 1.54) is 18.4 Å². The van der Waals surface area contributed by atoms with Crippen molar-refractivity contribution in [1.82, 2.24) is 10.2 Å². The molecule has 40 heavy (non-hydrogen) atoms. The van der Waals surface area contributed by atoms with E-state index in [0.717, 1.165) is 37.4 Å². The Morgan fingerprint density at radius 1 is 1.05 bits per heavy atom. The molecule has 3 fully saturated rings. The second-order valence-electron chi connectivity index (χ2n) is 10.7. The Morgan fingerprint density at radius 3 is 2.08 bits per heavy atom. The van der Waals surface area contributed by atoms with E-state index in [9.17, 15) is 41.7 Å². The van der Waals surface area contributed by atoms with E-state index in [0.29, 0.717) is 12.8 Å². The molecule has 226 valence electrons. The van der Waals surface area contributed by atoms with Crippen molar-refractivity contribution < 1.29 is 61.5 Å². The molecule has 6 N–H and O–H groups in total. The maximum absolute atomic E-state index is 12.1. The maximum Gasteiger partial charge on any atom is 0.490 e. The van der Waals surface area contributed by atoms with Gasteiger partial charge in [-0.3, -0.25) is 4.90 Å². The largest absolute Gasteiger partial charge is 0.508 e. The van der Waals surface area contributed by atoms with E-state index in [-0.39, 0.29) is 17.8 Å². The van der Waals surface area contributed by atoms with Gasteiger partial charge in [-0.05, 0) is 81.3 Å². The number of aromatic hydroxyl groups is 1. The summed E-state index contributed by atoms with van der Waals surface area (Å²) in [6.45, 7) is 2.05. The molecule has 0 unspecified atom stereocenters. The van der Waals surface area contributed by atoms with Gasteiger partial charge in [0.1, 0.15) is 5.75 Å². The van der Waals surface area contributed by atoms with Crippen molar-refractivity contribution >= 4 is 11.9 Å². The number of likely N-dealkylation sites (tertiary alicyclic amines) is 1. The molecule has 0 radical (unpaired) electrons. The molecule has 0 aromatic heterocycles. The Morgan fingerprint density at radius 2 is 1.60 bits per heavy atom. The van der Waals surface area contributed by atoms with Crippen molar-refractivity contribution in [2.45, 2.75) is 80.1 Å². The van der Waals surface area contributed by atoms with Crippen LogP contribution < -0.4 is 5.32 Å². The van der Waals surface area contributed by atoms with E-state index in [4.69, 9.17) is 19.8 Å². The van der Waals surface area contributed by atoms with Crippen LogP contribution in [0.15, 0.2) is 18.2 Å². The van der Waals surface area contributed by atoms with Gasteiger partial charge in [-0.25, -0.2) is 9.59 Å². The van der Waals surface area contributed by atoms with Crippen LogP contribution >= 0.6 is 0 Å². The number of phenolic OH excluding ortho intramolecular Hbond substituents is 1. The van der Waals surface area contributed by atoms with Crippen LogP contribution in [0.5, 0.6) is 5.75 Å². The number of carboxylic acids is 2. The number of carboxylic acid groups (broad SMARTS) is 2. The lowest BCUT2D eigenvalue weighted by Gasteiger charge is -2.65. The van der Waals surface area contributed by atoms with Gasteiger partial charge in [0.15, 0.2) is 0 Å². The van der Waals surface area contributed by atoms with Crippen molar-refractivity contribution in [1.29, 1.82) is 0 Å². The van der Waals surface area contributed by atoms with Gasteiger partial charge in [-0.15, -0.1) is 0 Å². The highest BCUT2D eigenvalue weighted by molar-refractivity contribution is 5.73. The molecule has 1 aromatic carbocycles. The number of nitrogens with one attached hydrogen (secondary N) is 1. The first kappa shape index (κ1) is 31.9. The number of aliphatic hydroxyl groups is 2. The normalized spacial score (nSPS) is 31.4. The number of halogens is 6. The van der Waals surface area contributed by atoms with Crippen LogP contribution in [0.4, 0.5) is 26.3 Å². The predicted octanol–water partition coefficient (Wildman–Crippen LogP) is 2.41. The molecule has 1 aromatic rings. The lowest BCUT2D eigenvalue weighted by molar-refractivity contribution is -0.193. The highest BCUT2D eigenvalue weighted by Crippen LogP contribution is 2.58. The van der Waals surface area contributed by atoms with Crippen LogP contribution in [0, 0.1) is 5.92 Å². The van der Waals surface area contributed by atoms with Crippen LogP contribution in [-0.2, 0) is 21.4 Å². The summed E-state index contributed by atoms with van der Waals surface area (Å²) in [5.74, 6) is -4.47. The summed E-state index contributed by atoms with van der Waals surface area (Å²) in [4.78, 5) is 20.3. The zero-order valence-electron chi connectivity index (χ0n) is 21.5. The molecule has 9 nitrogen and oxygen atoms in total. The first-order chi connectivity index (χ1) is 18.4. The zero-order chi connectivity index (χ0) is 30.3. The van der Waals surface area contributed by atoms with E-state index in [1.54, 1.807) is 6.07 Å². The van der Waals surface area contributed by atoms with Gasteiger partial charge < -0.3 is 30.8 Å². The SMILES string of the molecule is CN[C@@H]1C[C@@]2(O)[C@H]3Cc4ccc(O)cc4[C@@]2(CCN3CC2CC2)C[C@@H]1O.O=C(O)C(F)(F)F.O=C(O)C(F)(F)F. The van der Waals surface area contributed by atoms with Crippen molar-refractivity contribution in [2.75, 3.05) is 20.1 Å². The predicted molar refractivity (Wildman–Crippen MR) is 127 cm³/mol. The first-order valence-corrected chi connectivity index (χ1v) is 12.6. The fourth-order valence-corrected chi connectivity index (χ4v) is 6.23. The lowest BCUT2D eigenvalue weighted by Crippen LogP contribution is -2.76. The minimum atomic E-state index is -5.08. The number of benzene rings is 1. The fourth-order valence-electron chi connectivity index (χ4n) is 6.23. The number of aliphatic hydroxyl groups excluding tert-OH is 1. The monoisotopic (exact) mass is 586 g/mol. The van der Waals surface area contributed by atoms with Gasteiger partial charge >= 0.3 is 24.3 Å². The smallest absolute Gasteiger partial charge is 0.490 e. The summed E-state index contributed by atoms with van der Waals surface area (Å²) in [6.07, 6.45) is -5.23. The third-order valence-corrected chi connectivity index (χ3v) is 8.27. The molecule has 5 atom stereocenters. The molecule has 2 bridgehead atoms. The molecular formula is C25H32F6N2O7. The minimum absolute atomic E-state index is 0.0876. The van der Waals surface area contributed by atoms with Crippen molar-refractivity contribution in [2.24, 2.45) is 5.92 Å². The zero-order valence-corrected chi connectivity index (χ0v) is 21.5. The number of alkyl halides is 6. The molecule has 0 spiro atoms. The van der Waals surface area contributed by atoms with Gasteiger partial charge in [0, 0.05) is 24.0 Å². The lowest BCUT2D eigenvalue weighted by atomic mass is 9.48. The Labute approximate surface area is 225 Å². The number of carbonyl (C=O) groups is 2. The highest BCUT2D eigenvalue weighted by Gasteiger charge is 2.66. The second-order valence-corrected chi connectivity index (χ2v) is 10.7. The summed E-state index contributed by atoms with van der Waals surface area (Å²) >= 11 is 0. The van der Waals surface area contributed by atoms with Crippen LogP contribution in [0.3, 0.4) is 0 Å². The van der Waals surface area contributed by atoms with Crippen molar-refractivity contribution in [3.63, 3.8) is 0 Å². The van der Waals surface area contributed by atoms with Gasteiger partial charge in [0.25, 0.3) is 0 Å². The molecule has 3 aliphatic carbocycles. The van der Waals surface area contributed by atoms with Gasteiger partial charge in [0.05, 0.1) is 11.7 Å². The highest BCUT2D eigenvalue weighted by atomic mass is 19.4. The molecular weight excluding hydrogens is 554 g/mol. The molecule has 4 aliphatic rings. The van der Waals surface area contributed by atoms with Crippen LogP contribution in [0.1, 0.15) is 43.2 Å². The Kier molecular flexibility index (Phi) is 9.04. The third-order valence-electron chi connectivity index (χ3n) is 8.27. The quantitative estimate of drug-likeness (QED) is 0.294. The standard InChI is InChI=1S/C21H30N2O3.2C2HF3O2/c1-22-17-10-21(26)19-8-14-4-5-15(24)9-16(14)20(21,11-18(17)25)6-7-23(19)12-13-2-3-13;2*3-2(4,5)1(6)7/h4-5,9,13,17-19,22,24-26H,2-3,6-8,10-12H2,1H3;2*(H,6,7)/t17-,18+,19-,20-,21-;;/m1../s1. The molecule has 5 rings (SSSR count). The number of phenols is 1. The Hall–Kier alpha value is -2.62. The topological polar surface area (TPSA) is 151 Å². The van der Waals surface area contributed by atoms with E-state index in [2.05, 4.69) is 10.2 Å². The summed E-state index contributed by atoms with van der Waals surface area (Å²) in [6, 6.07) is 5.64. The Bertz CT molecular complexity index is 1070. The summed E-state index contributed by atoms with van der Waals surface area (Å²) in [5.41, 5.74) is 0.967. The molecule has 1 saturated heterocycles. The molecule has 1 aliphatic heterocycles. The van der Waals surface area contributed by atoms with Crippen LogP contribution in [-0.4, -0.2) is 98.6 Å². The summed E-state index contributed by atoms with van der Waals surface area (Å²) in [5, 5.41) is 50.5. The average Bonchev–Trinajstić information content (AvgIpc) is 3.65. The molecule has 0 amide bonds. The number of piperidine rings is 1. The number of aliphatic carboxylic acids is 2. The molecule has 1 heterocycles. The Balaban J connectivity index is 0.000000263. The molecule has 2 saturated carbocycles. The minimum Gasteiger partial charge on any atom is -0.508 e. The van der Waals surface area contributed by atoms with Crippen molar-refractivity contribution in [3.8, 4) is 5.75 Å². The maximum atomic E-state index is 12.1. The van der Waals surface area contributed by atoms with E-state index >= 15 is 0 Å². The number of nitrogens with zero attached hydrogens (tertiary/aromatic N) is 1. The summed E-state index contributed by atoms with van der Waals surface area (Å²) in [7, 11) is 1.87. The van der Waals surface area contributed by atoms with Crippen LogP contribution in [0.2, 0.25) is 0 Å². The number of likely N-dealkylation sites (N-methyl/N-ethyl adjacent to an activating group) is 1. The van der Waals surface area contributed by atoms with Gasteiger partial charge in [-0.1, -0.05) is 6.07 Å². The third kappa shape index (κ3) is 6.47. The first-order valence-electron chi connectivity index (χ1n) is 12.6. The molecule has 15 heteroatoms. The number of fused-ring (bicyclic) bond motifs is 1. The van der Waals surface area contributed by atoms with Gasteiger partial charge in [-0.2, -0.15) is 26.3 Å². The van der Waals surface area contributed by atoms with Gasteiger partial charge in [0.2, 0.25) is 0 Å². The second kappa shape index (κ2) is 11.3. The number of hydrogen-bond acceptors (Lipinski definition) is 7. The fraction of sp³-hybridized carbons (Fsp3) is 0.680. The van der Waals surface area contributed by atoms with Crippen LogP contribution in [0.25, 0.3) is 0 Å². The van der Waals surface area contributed by atoms with E-state index in [1.807, 2.05) is 19.2 Å². The van der Waals surface area contributed by atoms with E-state index < -0.39 is 41.4 Å². The summed E-state index contributed by atoms with van der Waals surface area (Å²) < 4.78 is 63.5. The average molecular weight is 587 g/mol. The number of hydrogen-bond donors (Lipinski definition) is 6.